The van der Waals surface area contributed by atoms with Crippen molar-refractivity contribution in [1.82, 2.24) is 15.5 Å². The van der Waals surface area contributed by atoms with E-state index in [1.807, 2.05) is 4.90 Å². The lowest BCUT2D eigenvalue weighted by Gasteiger charge is -2.40. The largest absolute Gasteiger partial charge is 0.342 e. The van der Waals surface area contributed by atoms with Gasteiger partial charge in [0.25, 0.3) is 0 Å². The van der Waals surface area contributed by atoms with Gasteiger partial charge in [-0.15, -0.1) is 0 Å². The monoisotopic (exact) mass is 327 g/mol. The van der Waals surface area contributed by atoms with E-state index in [1.165, 1.54) is 0 Å². The van der Waals surface area contributed by atoms with Gasteiger partial charge in [0, 0.05) is 31.8 Å². The fraction of sp³-hybridized carbons (Fsp3) is 0.875. The first-order valence-electron chi connectivity index (χ1n) is 8.42. The van der Waals surface area contributed by atoms with E-state index in [-0.39, 0.29) is 29.4 Å². The molecule has 126 valence electrons. The van der Waals surface area contributed by atoms with Crippen LogP contribution >= 0.6 is 11.8 Å². The SMILES string of the molecule is CCC(CC)C(=O)N1CCC2(CC1)NC(=O)[C@H](CCSC)N2. The minimum atomic E-state index is -0.287. The van der Waals surface area contributed by atoms with Gasteiger partial charge < -0.3 is 10.2 Å². The third-order valence-corrected chi connectivity index (χ3v) is 5.65. The molecule has 0 bridgehead atoms. The van der Waals surface area contributed by atoms with Crippen LogP contribution in [0.15, 0.2) is 0 Å². The van der Waals surface area contributed by atoms with E-state index in [0.29, 0.717) is 0 Å². The van der Waals surface area contributed by atoms with Gasteiger partial charge in [-0.25, -0.2) is 0 Å². The van der Waals surface area contributed by atoms with Gasteiger partial charge in [-0.2, -0.15) is 11.8 Å². The first kappa shape index (κ1) is 17.6. The van der Waals surface area contributed by atoms with Crippen LogP contribution in [0.3, 0.4) is 0 Å². The van der Waals surface area contributed by atoms with Crippen LogP contribution in [0.1, 0.15) is 46.0 Å². The molecule has 2 aliphatic rings. The van der Waals surface area contributed by atoms with E-state index in [9.17, 15) is 9.59 Å². The molecule has 0 unspecified atom stereocenters. The highest BCUT2D eigenvalue weighted by atomic mass is 32.2. The molecule has 2 N–H and O–H groups in total. The van der Waals surface area contributed by atoms with Gasteiger partial charge in [0.15, 0.2) is 0 Å². The van der Waals surface area contributed by atoms with E-state index in [0.717, 1.165) is 50.9 Å². The molecule has 0 radical (unpaired) electrons. The van der Waals surface area contributed by atoms with Crippen molar-refractivity contribution in [2.45, 2.75) is 57.7 Å². The second-order valence-electron chi connectivity index (χ2n) is 6.39. The topological polar surface area (TPSA) is 61.4 Å². The summed E-state index contributed by atoms with van der Waals surface area (Å²) in [4.78, 5) is 26.5. The van der Waals surface area contributed by atoms with Gasteiger partial charge in [-0.3, -0.25) is 14.9 Å². The van der Waals surface area contributed by atoms with Crippen LogP contribution in [-0.2, 0) is 9.59 Å². The van der Waals surface area contributed by atoms with Crippen LogP contribution in [0.25, 0.3) is 0 Å². The van der Waals surface area contributed by atoms with Crippen LogP contribution < -0.4 is 10.6 Å². The highest BCUT2D eigenvalue weighted by molar-refractivity contribution is 7.98. The Balaban J connectivity index is 1.89. The Morgan fingerprint density at radius 1 is 1.36 bits per heavy atom. The van der Waals surface area contributed by atoms with Crippen molar-refractivity contribution < 1.29 is 9.59 Å². The van der Waals surface area contributed by atoms with Gasteiger partial charge in [-0.05, 0) is 31.3 Å². The molecule has 22 heavy (non-hydrogen) atoms. The summed E-state index contributed by atoms with van der Waals surface area (Å²) in [6, 6.07) is -0.0752. The number of rotatable bonds is 6. The summed E-state index contributed by atoms with van der Waals surface area (Å²) >= 11 is 1.77. The summed E-state index contributed by atoms with van der Waals surface area (Å²) < 4.78 is 0. The summed E-state index contributed by atoms with van der Waals surface area (Å²) in [7, 11) is 0. The Hall–Kier alpha value is -0.750. The van der Waals surface area contributed by atoms with E-state index in [2.05, 4.69) is 30.7 Å². The Morgan fingerprint density at radius 2 is 2.00 bits per heavy atom. The van der Waals surface area contributed by atoms with Crippen molar-refractivity contribution in [2.24, 2.45) is 5.92 Å². The molecule has 0 aromatic carbocycles. The predicted molar refractivity (Wildman–Crippen MR) is 90.7 cm³/mol. The highest BCUT2D eigenvalue weighted by Crippen LogP contribution is 2.27. The van der Waals surface area contributed by atoms with Crippen LogP contribution in [0.2, 0.25) is 0 Å². The van der Waals surface area contributed by atoms with Crippen molar-refractivity contribution >= 4 is 23.6 Å². The smallest absolute Gasteiger partial charge is 0.238 e. The van der Waals surface area contributed by atoms with Crippen LogP contribution in [0, 0.1) is 5.92 Å². The van der Waals surface area contributed by atoms with Gasteiger partial charge >= 0.3 is 0 Å². The molecule has 2 fully saturated rings. The summed E-state index contributed by atoms with van der Waals surface area (Å²) in [6.07, 6.45) is 6.35. The predicted octanol–water partition coefficient (Wildman–Crippen LogP) is 1.58. The molecule has 5 nitrogen and oxygen atoms in total. The second kappa shape index (κ2) is 7.68. The van der Waals surface area contributed by atoms with Crippen LogP contribution in [0.5, 0.6) is 0 Å². The van der Waals surface area contributed by atoms with E-state index < -0.39 is 0 Å². The van der Waals surface area contributed by atoms with Crippen LogP contribution in [0.4, 0.5) is 0 Å². The number of thioether (sulfide) groups is 1. The number of likely N-dealkylation sites (tertiary alicyclic amines) is 1. The van der Waals surface area contributed by atoms with E-state index in [1.54, 1.807) is 11.8 Å². The summed E-state index contributed by atoms with van der Waals surface area (Å²) in [5, 5.41) is 6.64. The fourth-order valence-electron chi connectivity index (χ4n) is 3.47. The third-order valence-electron chi connectivity index (χ3n) is 5.00. The third kappa shape index (κ3) is 3.77. The minimum absolute atomic E-state index is 0.0752. The molecule has 0 aromatic rings. The van der Waals surface area contributed by atoms with Gasteiger partial charge in [-0.1, -0.05) is 13.8 Å². The van der Waals surface area contributed by atoms with Crippen LogP contribution in [-0.4, -0.2) is 53.5 Å². The van der Waals surface area contributed by atoms with E-state index in [4.69, 9.17) is 0 Å². The molecule has 2 amide bonds. The zero-order valence-corrected chi connectivity index (χ0v) is 14.8. The molecule has 6 heteroatoms. The first-order valence-corrected chi connectivity index (χ1v) is 9.82. The standard InChI is InChI=1S/C16H29N3O2S/c1-4-12(5-2)15(21)19-9-7-16(8-10-19)17-13(6-11-22-3)14(20)18-16/h12-13,17H,4-11H2,1-3H3,(H,18,20)/t13-/m0/s1. The zero-order chi connectivity index (χ0) is 16.2. The number of hydrogen-bond acceptors (Lipinski definition) is 4. The maximum atomic E-state index is 12.4. The van der Waals surface area contributed by atoms with Crippen molar-refractivity contribution in [3.63, 3.8) is 0 Å². The summed E-state index contributed by atoms with van der Waals surface area (Å²) in [6.45, 7) is 5.62. The maximum Gasteiger partial charge on any atom is 0.238 e. The van der Waals surface area contributed by atoms with E-state index >= 15 is 0 Å². The molecule has 2 rings (SSSR count). The van der Waals surface area contributed by atoms with Crippen molar-refractivity contribution in [3.8, 4) is 0 Å². The quantitative estimate of drug-likeness (QED) is 0.778. The second-order valence-corrected chi connectivity index (χ2v) is 7.37. The number of nitrogens with zero attached hydrogens (tertiary/aromatic N) is 1. The molecule has 2 aliphatic heterocycles. The van der Waals surface area contributed by atoms with Crippen molar-refractivity contribution in [1.29, 1.82) is 0 Å². The molecule has 0 aliphatic carbocycles. The molecule has 1 atom stereocenters. The van der Waals surface area contributed by atoms with Gasteiger partial charge in [0.05, 0.1) is 11.7 Å². The average molecular weight is 327 g/mol. The van der Waals surface area contributed by atoms with Crippen molar-refractivity contribution in [2.75, 3.05) is 25.1 Å². The lowest BCUT2D eigenvalue weighted by Crippen LogP contribution is -2.58. The Labute approximate surface area is 138 Å². The number of piperidine rings is 1. The molecular formula is C16H29N3O2S. The molecular weight excluding hydrogens is 298 g/mol. The first-order chi connectivity index (χ1) is 10.5. The lowest BCUT2D eigenvalue weighted by molar-refractivity contribution is -0.137. The minimum Gasteiger partial charge on any atom is -0.342 e. The number of hydrogen-bond donors (Lipinski definition) is 2. The molecule has 1 spiro atoms. The normalized spacial score (nSPS) is 24.1. The Bertz CT molecular complexity index is 404. The van der Waals surface area contributed by atoms with Gasteiger partial charge in [0.1, 0.15) is 0 Å². The number of carbonyl (C=O) groups is 2. The number of carbonyl (C=O) groups excluding carboxylic acids is 2. The summed E-state index contributed by atoms with van der Waals surface area (Å²) in [5.74, 6) is 1.53. The zero-order valence-electron chi connectivity index (χ0n) is 14.0. The molecule has 2 saturated heterocycles. The van der Waals surface area contributed by atoms with Crippen molar-refractivity contribution in [3.05, 3.63) is 0 Å². The summed E-state index contributed by atoms with van der Waals surface area (Å²) in [5.41, 5.74) is -0.287. The Morgan fingerprint density at radius 3 is 2.55 bits per heavy atom. The lowest BCUT2D eigenvalue weighted by atomic mass is 9.95. The highest BCUT2D eigenvalue weighted by Gasteiger charge is 2.45. The molecule has 2 heterocycles. The Kier molecular flexibility index (Phi) is 6.15. The maximum absolute atomic E-state index is 12.4. The number of nitrogens with one attached hydrogen (secondary N) is 2. The molecule has 0 saturated carbocycles. The average Bonchev–Trinajstić information content (AvgIpc) is 2.82. The number of amides is 2. The molecule has 0 aromatic heterocycles. The van der Waals surface area contributed by atoms with Gasteiger partial charge in [0.2, 0.25) is 11.8 Å². The fourth-order valence-corrected chi connectivity index (χ4v) is 3.94.